The van der Waals surface area contributed by atoms with E-state index in [4.69, 9.17) is 9.47 Å². The van der Waals surface area contributed by atoms with E-state index in [2.05, 4.69) is 16.0 Å². The van der Waals surface area contributed by atoms with Gasteiger partial charge in [0.15, 0.2) is 0 Å². The van der Waals surface area contributed by atoms with Gasteiger partial charge in [-0.2, -0.15) is 0 Å². The first-order valence-corrected chi connectivity index (χ1v) is 11.7. The standard InChI is InChI=1S/C24H34N4O7/c1-4-34-20(30)14-25-19(29)13-26-22(31)18-11-8-12-28(18)23(32)21(16(2)3)27-24(33)35-15-17-9-6-5-7-10-17/h5-7,9-10,16,18,21H,4,8,11-15H2,1-3H3,(H,25,29)(H,26,31)(H,27,33)/t18-,21-/m0/s1. The fraction of sp³-hybridized carbons (Fsp3) is 0.542. The number of nitrogens with zero attached hydrogens (tertiary/aromatic N) is 1. The van der Waals surface area contributed by atoms with E-state index in [1.807, 2.05) is 30.3 Å². The molecule has 1 saturated heterocycles. The van der Waals surface area contributed by atoms with Gasteiger partial charge >= 0.3 is 12.1 Å². The summed E-state index contributed by atoms with van der Waals surface area (Å²) in [6, 6.07) is 7.53. The van der Waals surface area contributed by atoms with Crippen LogP contribution in [-0.4, -0.2) is 73.0 Å². The molecule has 11 nitrogen and oxygen atoms in total. The van der Waals surface area contributed by atoms with Crippen LogP contribution in [-0.2, 0) is 35.3 Å². The number of esters is 1. The number of hydrogen-bond acceptors (Lipinski definition) is 7. The van der Waals surface area contributed by atoms with Gasteiger partial charge < -0.3 is 30.3 Å². The Hall–Kier alpha value is -3.63. The van der Waals surface area contributed by atoms with Gasteiger partial charge in [-0.1, -0.05) is 44.2 Å². The molecule has 1 aromatic rings. The minimum atomic E-state index is -0.875. The number of amides is 4. The van der Waals surface area contributed by atoms with E-state index >= 15 is 0 Å². The highest BCUT2D eigenvalue weighted by molar-refractivity contribution is 5.93. The third-order valence-electron chi connectivity index (χ3n) is 5.42. The van der Waals surface area contributed by atoms with Crippen molar-refractivity contribution in [3.05, 3.63) is 35.9 Å². The second-order valence-corrected chi connectivity index (χ2v) is 8.42. The summed E-state index contributed by atoms with van der Waals surface area (Å²) in [5.41, 5.74) is 0.817. The first kappa shape index (κ1) is 27.6. The third-order valence-corrected chi connectivity index (χ3v) is 5.42. The highest BCUT2D eigenvalue weighted by Gasteiger charge is 2.38. The Balaban J connectivity index is 1.89. The van der Waals surface area contributed by atoms with Crippen LogP contribution in [0.15, 0.2) is 30.3 Å². The quantitative estimate of drug-likeness (QED) is 0.388. The van der Waals surface area contributed by atoms with E-state index in [0.717, 1.165) is 5.56 Å². The summed E-state index contributed by atoms with van der Waals surface area (Å²) in [7, 11) is 0. The average Bonchev–Trinajstić information content (AvgIpc) is 3.33. The molecule has 0 spiro atoms. The zero-order valence-electron chi connectivity index (χ0n) is 20.4. The van der Waals surface area contributed by atoms with Crippen LogP contribution in [0.1, 0.15) is 39.2 Å². The van der Waals surface area contributed by atoms with Crippen LogP contribution in [0.5, 0.6) is 0 Å². The fourth-order valence-corrected chi connectivity index (χ4v) is 3.62. The number of likely N-dealkylation sites (tertiary alicyclic amines) is 1. The Labute approximate surface area is 204 Å². The van der Waals surface area contributed by atoms with Gasteiger partial charge in [-0.3, -0.25) is 19.2 Å². The lowest BCUT2D eigenvalue weighted by atomic mass is 10.0. The molecule has 35 heavy (non-hydrogen) atoms. The van der Waals surface area contributed by atoms with Crippen LogP contribution in [0.2, 0.25) is 0 Å². The van der Waals surface area contributed by atoms with Crippen molar-refractivity contribution in [2.75, 3.05) is 26.2 Å². The first-order valence-electron chi connectivity index (χ1n) is 11.7. The molecule has 1 heterocycles. The molecule has 2 rings (SSSR count). The molecular weight excluding hydrogens is 456 g/mol. The molecule has 4 amide bonds. The molecule has 2 atom stereocenters. The van der Waals surface area contributed by atoms with Gasteiger partial charge in [-0.25, -0.2) is 4.79 Å². The summed E-state index contributed by atoms with van der Waals surface area (Å²) >= 11 is 0. The van der Waals surface area contributed by atoms with Crippen LogP contribution in [0.3, 0.4) is 0 Å². The van der Waals surface area contributed by atoms with Crippen molar-refractivity contribution in [1.82, 2.24) is 20.9 Å². The summed E-state index contributed by atoms with van der Waals surface area (Å²) in [5, 5.41) is 7.48. The monoisotopic (exact) mass is 490 g/mol. The van der Waals surface area contributed by atoms with Crippen LogP contribution in [0.4, 0.5) is 4.79 Å². The highest BCUT2D eigenvalue weighted by Crippen LogP contribution is 2.20. The molecule has 0 radical (unpaired) electrons. The first-order chi connectivity index (χ1) is 16.7. The Morgan fingerprint density at radius 3 is 2.40 bits per heavy atom. The number of benzene rings is 1. The van der Waals surface area contributed by atoms with Crippen molar-refractivity contribution in [2.45, 2.75) is 52.3 Å². The van der Waals surface area contributed by atoms with E-state index in [1.165, 1.54) is 4.90 Å². The Morgan fingerprint density at radius 1 is 1.03 bits per heavy atom. The van der Waals surface area contributed by atoms with E-state index in [-0.39, 0.29) is 38.1 Å². The van der Waals surface area contributed by atoms with E-state index < -0.39 is 36.0 Å². The van der Waals surface area contributed by atoms with Crippen LogP contribution < -0.4 is 16.0 Å². The van der Waals surface area contributed by atoms with Gasteiger partial charge in [-0.15, -0.1) is 0 Å². The maximum atomic E-state index is 13.2. The predicted molar refractivity (Wildman–Crippen MR) is 126 cm³/mol. The van der Waals surface area contributed by atoms with Crippen molar-refractivity contribution in [1.29, 1.82) is 0 Å². The van der Waals surface area contributed by atoms with E-state index in [1.54, 1.807) is 20.8 Å². The third kappa shape index (κ3) is 8.91. The van der Waals surface area contributed by atoms with Crippen molar-refractivity contribution >= 4 is 29.8 Å². The molecule has 0 unspecified atom stereocenters. The molecule has 1 aliphatic rings. The molecule has 1 aromatic carbocycles. The zero-order valence-corrected chi connectivity index (χ0v) is 20.4. The van der Waals surface area contributed by atoms with Crippen LogP contribution in [0, 0.1) is 5.92 Å². The van der Waals surface area contributed by atoms with Gasteiger partial charge in [0.2, 0.25) is 17.7 Å². The number of rotatable bonds is 11. The predicted octanol–water partition coefficient (Wildman–Crippen LogP) is 0.724. The molecule has 1 fully saturated rings. The minimum Gasteiger partial charge on any atom is -0.465 e. The molecule has 192 valence electrons. The molecule has 1 aliphatic heterocycles. The molecule has 3 N–H and O–H groups in total. The Morgan fingerprint density at radius 2 is 1.74 bits per heavy atom. The van der Waals surface area contributed by atoms with Crippen LogP contribution >= 0.6 is 0 Å². The molecule has 0 bridgehead atoms. The molecule has 0 saturated carbocycles. The number of alkyl carbamates (subject to hydrolysis) is 1. The second kappa shape index (κ2) is 13.9. The molecular formula is C24H34N4O7. The van der Waals surface area contributed by atoms with Gasteiger partial charge in [0.1, 0.15) is 25.2 Å². The second-order valence-electron chi connectivity index (χ2n) is 8.42. The summed E-state index contributed by atoms with van der Waals surface area (Å²) in [4.78, 5) is 62.9. The Bertz CT molecular complexity index is 891. The van der Waals surface area contributed by atoms with Gasteiger partial charge in [-0.05, 0) is 31.2 Å². The van der Waals surface area contributed by atoms with Gasteiger partial charge in [0.05, 0.1) is 13.2 Å². The molecule has 0 aliphatic carbocycles. The number of nitrogens with one attached hydrogen (secondary N) is 3. The lowest BCUT2D eigenvalue weighted by molar-refractivity contribution is -0.143. The van der Waals surface area contributed by atoms with Crippen molar-refractivity contribution in [3.63, 3.8) is 0 Å². The van der Waals surface area contributed by atoms with E-state index in [0.29, 0.717) is 19.4 Å². The SMILES string of the molecule is CCOC(=O)CNC(=O)CNC(=O)[C@@H]1CCCN1C(=O)[C@@H](NC(=O)OCc1ccccc1)C(C)C. The number of hydrogen-bond donors (Lipinski definition) is 3. The maximum Gasteiger partial charge on any atom is 0.408 e. The zero-order chi connectivity index (χ0) is 25.8. The minimum absolute atomic E-state index is 0.0681. The summed E-state index contributed by atoms with van der Waals surface area (Å²) in [6.45, 7) is 5.23. The smallest absolute Gasteiger partial charge is 0.408 e. The Kier molecular flexibility index (Phi) is 11.0. The normalized spacial score (nSPS) is 15.8. The number of carbonyl (C=O) groups is 5. The lowest BCUT2D eigenvalue weighted by Crippen LogP contribution is -2.55. The van der Waals surface area contributed by atoms with Gasteiger partial charge in [0.25, 0.3) is 0 Å². The summed E-state index contributed by atoms with van der Waals surface area (Å²) in [5.74, 6) is -2.23. The highest BCUT2D eigenvalue weighted by atomic mass is 16.5. The topological polar surface area (TPSA) is 143 Å². The maximum absolute atomic E-state index is 13.2. The van der Waals surface area contributed by atoms with Gasteiger partial charge in [0, 0.05) is 6.54 Å². The van der Waals surface area contributed by atoms with Crippen molar-refractivity contribution in [2.24, 2.45) is 5.92 Å². The summed E-state index contributed by atoms with van der Waals surface area (Å²) < 4.78 is 9.96. The van der Waals surface area contributed by atoms with Crippen molar-refractivity contribution < 1.29 is 33.4 Å². The number of carbonyl (C=O) groups excluding carboxylic acids is 5. The number of ether oxygens (including phenoxy) is 2. The lowest BCUT2D eigenvalue weighted by Gasteiger charge is -2.30. The summed E-state index contributed by atoms with van der Waals surface area (Å²) in [6.07, 6.45) is 0.326. The largest absolute Gasteiger partial charge is 0.465 e. The molecule has 0 aromatic heterocycles. The fourth-order valence-electron chi connectivity index (χ4n) is 3.62. The van der Waals surface area contributed by atoms with Crippen LogP contribution in [0.25, 0.3) is 0 Å². The molecule has 11 heteroatoms. The van der Waals surface area contributed by atoms with E-state index in [9.17, 15) is 24.0 Å². The van der Waals surface area contributed by atoms with Crippen molar-refractivity contribution in [3.8, 4) is 0 Å². The average molecular weight is 491 g/mol.